The van der Waals surface area contributed by atoms with Gasteiger partial charge < -0.3 is 15.3 Å². The fourth-order valence-corrected chi connectivity index (χ4v) is 6.00. The molecule has 1 saturated carbocycles. The van der Waals surface area contributed by atoms with Crippen LogP contribution in [0.15, 0.2) is 6.33 Å². The van der Waals surface area contributed by atoms with E-state index in [1.54, 1.807) is 6.33 Å². The maximum atomic E-state index is 9.90. The number of hydrogen-bond donors (Lipinski definition) is 2. The standard InChI is InChI=1S/C20H30N4OS/c1-12(25)10-13-4-9-16-17(13)18-19(21-11-22-20(18)26-16)23-14-5-7-15(8-6-14)24(2)3/h11-15,25H,4-10H2,1-3H3,(H,21,22,23)/t12-,13-,14?,15?/m1/s1. The second-order valence-corrected chi connectivity index (χ2v) is 9.36. The van der Waals surface area contributed by atoms with E-state index in [1.807, 2.05) is 18.3 Å². The van der Waals surface area contributed by atoms with Gasteiger partial charge in [-0.05, 0) is 77.4 Å². The predicted molar refractivity (Wildman–Crippen MR) is 108 cm³/mol. The van der Waals surface area contributed by atoms with Crippen LogP contribution in [0.3, 0.4) is 0 Å². The van der Waals surface area contributed by atoms with Crippen molar-refractivity contribution >= 4 is 27.4 Å². The molecule has 2 aromatic heterocycles. The smallest absolute Gasteiger partial charge is 0.138 e. The summed E-state index contributed by atoms with van der Waals surface area (Å²) in [5, 5.41) is 14.9. The van der Waals surface area contributed by atoms with Crippen LogP contribution >= 0.6 is 11.3 Å². The third-order valence-electron chi connectivity index (χ3n) is 6.12. The van der Waals surface area contributed by atoms with E-state index in [-0.39, 0.29) is 6.10 Å². The summed E-state index contributed by atoms with van der Waals surface area (Å²) in [7, 11) is 4.37. The molecule has 0 unspecified atom stereocenters. The first kappa shape index (κ1) is 18.1. The van der Waals surface area contributed by atoms with Crippen LogP contribution < -0.4 is 5.32 Å². The van der Waals surface area contributed by atoms with E-state index in [0.717, 1.165) is 29.9 Å². The molecule has 2 aliphatic carbocycles. The Bertz CT molecular complexity index is 765. The van der Waals surface area contributed by atoms with Gasteiger partial charge >= 0.3 is 0 Å². The van der Waals surface area contributed by atoms with Crippen LogP contribution in [-0.2, 0) is 6.42 Å². The fourth-order valence-electron chi connectivity index (χ4n) is 4.75. The molecule has 4 rings (SSSR count). The van der Waals surface area contributed by atoms with Gasteiger partial charge in [0.1, 0.15) is 17.0 Å². The van der Waals surface area contributed by atoms with Crippen molar-refractivity contribution in [2.75, 3.05) is 19.4 Å². The molecule has 0 aliphatic heterocycles. The third kappa shape index (κ3) is 3.47. The van der Waals surface area contributed by atoms with E-state index >= 15 is 0 Å². The van der Waals surface area contributed by atoms with Crippen LogP contribution in [0.2, 0.25) is 0 Å². The largest absolute Gasteiger partial charge is 0.393 e. The summed E-state index contributed by atoms with van der Waals surface area (Å²) in [5.41, 5.74) is 1.41. The van der Waals surface area contributed by atoms with Crippen molar-refractivity contribution in [1.82, 2.24) is 14.9 Å². The zero-order valence-corrected chi connectivity index (χ0v) is 16.9. The van der Waals surface area contributed by atoms with Crippen LogP contribution in [-0.4, -0.2) is 52.3 Å². The molecule has 142 valence electrons. The number of nitrogens with zero attached hydrogens (tertiary/aromatic N) is 3. The van der Waals surface area contributed by atoms with Gasteiger partial charge in [0.15, 0.2) is 0 Å². The van der Waals surface area contributed by atoms with Gasteiger partial charge in [-0.3, -0.25) is 0 Å². The molecule has 0 amide bonds. The molecule has 5 nitrogen and oxygen atoms in total. The lowest BCUT2D eigenvalue weighted by Crippen LogP contribution is -2.36. The number of hydrogen-bond acceptors (Lipinski definition) is 6. The number of aryl methyl sites for hydroxylation is 1. The fraction of sp³-hybridized carbons (Fsp3) is 0.700. The Morgan fingerprint density at radius 1 is 1.23 bits per heavy atom. The average Bonchev–Trinajstić information content (AvgIpc) is 3.15. The molecule has 26 heavy (non-hydrogen) atoms. The first-order valence-electron chi connectivity index (χ1n) is 9.90. The first-order valence-corrected chi connectivity index (χ1v) is 10.7. The van der Waals surface area contributed by atoms with Gasteiger partial charge in [-0.15, -0.1) is 11.3 Å². The van der Waals surface area contributed by atoms with Crippen molar-refractivity contribution in [3.05, 3.63) is 16.8 Å². The van der Waals surface area contributed by atoms with Crippen molar-refractivity contribution < 1.29 is 5.11 Å². The number of aliphatic hydroxyl groups is 1. The van der Waals surface area contributed by atoms with Crippen molar-refractivity contribution in [1.29, 1.82) is 0 Å². The molecule has 1 fully saturated rings. The van der Waals surface area contributed by atoms with Crippen molar-refractivity contribution in [2.45, 2.75) is 76.0 Å². The lowest BCUT2D eigenvalue weighted by Gasteiger charge is -2.33. The van der Waals surface area contributed by atoms with Crippen molar-refractivity contribution in [2.24, 2.45) is 0 Å². The molecule has 2 atom stereocenters. The summed E-state index contributed by atoms with van der Waals surface area (Å²) < 4.78 is 0. The van der Waals surface area contributed by atoms with E-state index in [2.05, 4.69) is 34.3 Å². The summed E-state index contributed by atoms with van der Waals surface area (Å²) in [6, 6.07) is 1.20. The van der Waals surface area contributed by atoms with Gasteiger partial charge in [-0.2, -0.15) is 0 Å². The third-order valence-corrected chi connectivity index (χ3v) is 7.30. The van der Waals surface area contributed by atoms with Crippen LogP contribution in [0.1, 0.15) is 61.8 Å². The summed E-state index contributed by atoms with van der Waals surface area (Å²) in [5.74, 6) is 1.45. The van der Waals surface area contributed by atoms with Gasteiger partial charge in [0.05, 0.1) is 11.5 Å². The predicted octanol–water partition coefficient (Wildman–Crippen LogP) is 3.78. The zero-order chi connectivity index (χ0) is 18.3. The van der Waals surface area contributed by atoms with Crippen molar-refractivity contribution in [3.63, 3.8) is 0 Å². The molecule has 0 aromatic carbocycles. The van der Waals surface area contributed by atoms with Crippen molar-refractivity contribution in [3.8, 4) is 0 Å². The van der Waals surface area contributed by atoms with E-state index < -0.39 is 0 Å². The quantitative estimate of drug-likeness (QED) is 0.834. The Morgan fingerprint density at radius 3 is 2.69 bits per heavy atom. The Kier molecular flexibility index (Phi) is 5.17. The summed E-state index contributed by atoms with van der Waals surface area (Å²) in [6.45, 7) is 1.89. The first-order chi connectivity index (χ1) is 12.5. The van der Waals surface area contributed by atoms with Crippen LogP contribution in [0, 0.1) is 0 Å². The minimum atomic E-state index is -0.261. The number of thiophene rings is 1. The van der Waals surface area contributed by atoms with Gasteiger partial charge in [0.2, 0.25) is 0 Å². The average molecular weight is 375 g/mol. The van der Waals surface area contributed by atoms with Crippen LogP contribution in [0.25, 0.3) is 10.2 Å². The Balaban J connectivity index is 1.58. The number of nitrogens with one attached hydrogen (secondary N) is 1. The molecule has 0 bridgehead atoms. The minimum absolute atomic E-state index is 0.261. The molecular formula is C20H30N4OS. The topological polar surface area (TPSA) is 61.3 Å². The highest BCUT2D eigenvalue weighted by Crippen LogP contribution is 2.47. The van der Waals surface area contributed by atoms with E-state index in [1.165, 1.54) is 41.5 Å². The SMILES string of the molecule is C[C@@H](O)C[C@H]1CCc2sc3ncnc(NC4CCC(N(C)C)CC4)c3c21. The molecule has 6 heteroatoms. The minimum Gasteiger partial charge on any atom is -0.393 e. The second kappa shape index (κ2) is 7.41. The van der Waals surface area contributed by atoms with Gasteiger partial charge in [-0.1, -0.05) is 0 Å². The Morgan fingerprint density at radius 2 is 2.00 bits per heavy atom. The maximum Gasteiger partial charge on any atom is 0.138 e. The number of anilines is 1. The second-order valence-electron chi connectivity index (χ2n) is 8.28. The molecule has 2 N–H and O–H groups in total. The number of rotatable bonds is 5. The number of fused-ring (bicyclic) bond motifs is 3. The van der Waals surface area contributed by atoms with Crippen LogP contribution in [0.4, 0.5) is 5.82 Å². The Labute approximate surface area is 159 Å². The van der Waals surface area contributed by atoms with E-state index in [9.17, 15) is 5.11 Å². The number of aromatic nitrogens is 2. The molecular weight excluding hydrogens is 344 g/mol. The number of aliphatic hydroxyl groups excluding tert-OH is 1. The molecule has 2 aromatic rings. The van der Waals surface area contributed by atoms with E-state index in [0.29, 0.717) is 18.0 Å². The highest BCUT2D eigenvalue weighted by Gasteiger charge is 2.31. The summed E-state index contributed by atoms with van der Waals surface area (Å²) in [4.78, 5) is 14.1. The lowest BCUT2D eigenvalue weighted by atomic mass is 9.90. The Hall–Kier alpha value is -1.24. The lowest BCUT2D eigenvalue weighted by molar-refractivity contribution is 0.174. The molecule has 0 radical (unpaired) electrons. The highest BCUT2D eigenvalue weighted by molar-refractivity contribution is 7.19. The molecule has 0 saturated heterocycles. The monoisotopic (exact) mass is 374 g/mol. The van der Waals surface area contributed by atoms with Gasteiger partial charge in [0, 0.05) is 17.0 Å². The normalized spacial score (nSPS) is 27.0. The maximum absolute atomic E-state index is 9.90. The zero-order valence-electron chi connectivity index (χ0n) is 16.0. The van der Waals surface area contributed by atoms with E-state index in [4.69, 9.17) is 0 Å². The summed E-state index contributed by atoms with van der Waals surface area (Å²) in [6.07, 6.45) is 9.40. The van der Waals surface area contributed by atoms with Gasteiger partial charge in [0.25, 0.3) is 0 Å². The molecule has 0 spiro atoms. The van der Waals surface area contributed by atoms with Gasteiger partial charge in [-0.25, -0.2) is 9.97 Å². The molecule has 2 aliphatic rings. The highest BCUT2D eigenvalue weighted by atomic mass is 32.1. The molecule has 2 heterocycles. The summed E-state index contributed by atoms with van der Waals surface area (Å²) >= 11 is 1.82. The van der Waals surface area contributed by atoms with Crippen LogP contribution in [0.5, 0.6) is 0 Å².